The lowest BCUT2D eigenvalue weighted by molar-refractivity contribution is 0.0920. The normalized spacial score (nSPS) is 10.6. The Hall–Kier alpha value is -2.16. The standard InChI is InChI=1S/C17H17FO2/c1-12(2)15-8-3-4-9-17(15)20-11-16(19)13-6-5-7-14(18)10-13/h3-10,12H,11H2,1-2H3. The summed E-state index contributed by atoms with van der Waals surface area (Å²) >= 11 is 0. The molecule has 0 amide bonds. The summed E-state index contributed by atoms with van der Waals surface area (Å²) in [5.74, 6) is 0.365. The number of ether oxygens (including phenoxy) is 1. The number of carbonyl (C=O) groups excluding carboxylic acids is 1. The number of ketones is 1. The third-order valence-electron chi connectivity index (χ3n) is 3.05. The molecule has 3 heteroatoms. The van der Waals surface area contributed by atoms with Gasteiger partial charge >= 0.3 is 0 Å². The van der Waals surface area contributed by atoms with Crippen molar-refractivity contribution in [2.75, 3.05) is 6.61 Å². The van der Waals surface area contributed by atoms with E-state index in [1.165, 1.54) is 18.2 Å². The SMILES string of the molecule is CC(C)c1ccccc1OCC(=O)c1cccc(F)c1. The van der Waals surface area contributed by atoms with Crippen molar-refractivity contribution in [3.63, 3.8) is 0 Å². The van der Waals surface area contributed by atoms with Gasteiger partial charge in [-0.05, 0) is 29.7 Å². The molecule has 0 saturated heterocycles. The molecular weight excluding hydrogens is 255 g/mol. The van der Waals surface area contributed by atoms with Crippen molar-refractivity contribution < 1.29 is 13.9 Å². The van der Waals surface area contributed by atoms with Crippen molar-refractivity contribution in [3.8, 4) is 5.75 Å². The number of hydrogen-bond acceptors (Lipinski definition) is 2. The lowest BCUT2D eigenvalue weighted by atomic mass is 10.0. The molecule has 2 aromatic rings. The highest BCUT2D eigenvalue weighted by Gasteiger charge is 2.11. The van der Waals surface area contributed by atoms with Crippen LogP contribution in [0.25, 0.3) is 0 Å². The molecule has 0 fully saturated rings. The topological polar surface area (TPSA) is 26.3 Å². The molecule has 0 bridgehead atoms. The maximum Gasteiger partial charge on any atom is 0.200 e. The number of hydrogen-bond donors (Lipinski definition) is 0. The molecule has 0 aliphatic heterocycles. The molecule has 0 N–H and O–H groups in total. The minimum atomic E-state index is -0.418. The Balaban J connectivity index is 2.07. The zero-order valence-corrected chi connectivity index (χ0v) is 11.6. The second-order valence-electron chi connectivity index (χ2n) is 4.91. The van der Waals surface area contributed by atoms with Gasteiger partial charge in [0.2, 0.25) is 0 Å². The van der Waals surface area contributed by atoms with Crippen LogP contribution < -0.4 is 4.74 Å². The Morgan fingerprint density at radius 1 is 1.15 bits per heavy atom. The van der Waals surface area contributed by atoms with E-state index in [2.05, 4.69) is 13.8 Å². The zero-order valence-electron chi connectivity index (χ0n) is 11.6. The van der Waals surface area contributed by atoms with Crippen LogP contribution >= 0.6 is 0 Å². The number of benzene rings is 2. The quantitative estimate of drug-likeness (QED) is 0.762. The maximum absolute atomic E-state index is 13.1. The van der Waals surface area contributed by atoms with Crippen molar-refractivity contribution in [3.05, 3.63) is 65.5 Å². The average molecular weight is 272 g/mol. The summed E-state index contributed by atoms with van der Waals surface area (Å²) in [7, 11) is 0. The van der Waals surface area contributed by atoms with Crippen molar-refractivity contribution in [1.29, 1.82) is 0 Å². The fourth-order valence-corrected chi connectivity index (χ4v) is 1.98. The van der Waals surface area contributed by atoms with Crippen molar-refractivity contribution in [1.82, 2.24) is 0 Å². The van der Waals surface area contributed by atoms with Gasteiger partial charge in [0.05, 0.1) is 0 Å². The number of Topliss-reactive ketones (excluding diaryl/α,β-unsaturated/α-hetero) is 1. The molecule has 2 nitrogen and oxygen atoms in total. The summed E-state index contributed by atoms with van der Waals surface area (Å²) in [4.78, 5) is 12.0. The summed E-state index contributed by atoms with van der Waals surface area (Å²) in [5.41, 5.74) is 1.38. The molecule has 0 radical (unpaired) electrons. The molecule has 0 aromatic heterocycles. The van der Waals surface area contributed by atoms with Gasteiger partial charge in [-0.1, -0.05) is 44.2 Å². The second kappa shape index (κ2) is 6.33. The second-order valence-corrected chi connectivity index (χ2v) is 4.91. The molecule has 2 aromatic carbocycles. The summed E-state index contributed by atoms with van der Waals surface area (Å²) < 4.78 is 18.7. The number of rotatable bonds is 5. The van der Waals surface area contributed by atoms with Gasteiger partial charge < -0.3 is 4.74 Å². The lowest BCUT2D eigenvalue weighted by Gasteiger charge is -2.13. The molecule has 0 saturated carbocycles. The molecule has 0 heterocycles. The third-order valence-corrected chi connectivity index (χ3v) is 3.05. The van der Waals surface area contributed by atoms with Crippen LogP contribution in [0.2, 0.25) is 0 Å². The molecule has 0 atom stereocenters. The highest BCUT2D eigenvalue weighted by Crippen LogP contribution is 2.25. The van der Waals surface area contributed by atoms with Crippen LogP contribution in [0.1, 0.15) is 35.7 Å². The molecule has 0 aliphatic rings. The molecule has 0 unspecified atom stereocenters. The van der Waals surface area contributed by atoms with Crippen LogP contribution in [0.15, 0.2) is 48.5 Å². The zero-order chi connectivity index (χ0) is 14.5. The highest BCUT2D eigenvalue weighted by molar-refractivity contribution is 5.97. The smallest absolute Gasteiger partial charge is 0.200 e. The van der Waals surface area contributed by atoms with E-state index >= 15 is 0 Å². The van der Waals surface area contributed by atoms with Crippen LogP contribution in [-0.2, 0) is 0 Å². The number of carbonyl (C=O) groups is 1. The average Bonchev–Trinajstić information content (AvgIpc) is 2.45. The first-order valence-corrected chi connectivity index (χ1v) is 6.58. The van der Waals surface area contributed by atoms with Crippen LogP contribution in [0.4, 0.5) is 4.39 Å². The van der Waals surface area contributed by atoms with Gasteiger partial charge in [0.1, 0.15) is 11.6 Å². The molecule has 104 valence electrons. The number of halogens is 1. The summed E-state index contributed by atoms with van der Waals surface area (Å²) in [5, 5.41) is 0. The van der Waals surface area contributed by atoms with Crippen LogP contribution in [0, 0.1) is 5.82 Å². The Bertz CT molecular complexity index is 605. The van der Waals surface area contributed by atoms with E-state index in [4.69, 9.17) is 4.74 Å². The first-order chi connectivity index (χ1) is 9.58. The van der Waals surface area contributed by atoms with E-state index in [9.17, 15) is 9.18 Å². The molecule has 0 aliphatic carbocycles. The largest absolute Gasteiger partial charge is 0.485 e. The third kappa shape index (κ3) is 3.44. The first-order valence-electron chi connectivity index (χ1n) is 6.58. The first kappa shape index (κ1) is 14.3. The highest BCUT2D eigenvalue weighted by atomic mass is 19.1. The fraction of sp³-hybridized carbons (Fsp3) is 0.235. The lowest BCUT2D eigenvalue weighted by Crippen LogP contribution is -2.12. The predicted octanol–water partition coefficient (Wildman–Crippen LogP) is 4.21. The van der Waals surface area contributed by atoms with Crippen LogP contribution in [0.3, 0.4) is 0 Å². The Kier molecular flexibility index (Phi) is 4.51. The molecule has 0 spiro atoms. The van der Waals surface area contributed by atoms with Crippen LogP contribution in [0.5, 0.6) is 5.75 Å². The molecule has 2 rings (SSSR count). The van der Waals surface area contributed by atoms with E-state index in [1.54, 1.807) is 6.07 Å². The van der Waals surface area contributed by atoms with E-state index in [0.29, 0.717) is 17.2 Å². The van der Waals surface area contributed by atoms with Gasteiger partial charge in [-0.2, -0.15) is 0 Å². The fourth-order valence-electron chi connectivity index (χ4n) is 1.98. The van der Waals surface area contributed by atoms with E-state index < -0.39 is 5.82 Å². The summed E-state index contributed by atoms with van der Waals surface area (Å²) in [6.45, 7) is 4.04. The number of para-hydroxylation sites is 1. The van der Waals surface area contributed by atoms with E-state index in [1.807, 2.05) is 24.3 Å². The van der Waals surface area contributed by atoms with Crippen molar-refractivity contribution >= 4 is 5.78 Å². The predicted molar refractivity (Wildman–Crippen MR) is 76.8 cm³/mol. The van der Waals surface area contributed by atoms with E-state index in [0.717, 1.165) is 5.56 Å². The Morgan fingerprint density at radius 3 is 2.60 bits per heavy atom. The van der Waals surface area contributed by atoms with Crippen molar-refractivity contribution in [2.45, 2.75) is 19.8 Å². The summed E-state index contributed by atoms with van der Waals surface area (Å²) in [6, 6.07) is 13.3. The van der Waals surface area contributed by atoms with Gasteiger partial charge in [-0.15, -0.1) is 0 Å². The van der Waals surface area contributed by atoms with Gasteiger partial charge in [-0.3, -0.25) is 4.79 Å². The van der Waals surface area contributed by atoms with Crippen LogP contribution in [-0.4, -0.2) is 12.4 Å². The Labute approximate surface area is 118 Å². The minimum Gasteiger partial charge on any atom is -0.485 e. The van der Waals surface area contributed by atoms with E-state index in [-0.39, 0.29) is 12.4 Å². The van der Waals surface area contributed by atoms with Gasteiger partial charge in [0.15, 0.2) is 12.4 Å². The van der Waals surface area contributed by atoms with Gasteiger partial charge in [-0.25, -0.2) is 4.39 Å². The Morgan fingerprint density at radius 2 is 1.90 bits per heavy atom. The monoisotopic (exact) mass is 272 g/mol. The summed E-state index contributed by atoms with van der Waals surface area (Å²) in [6.07, 6.45) is 0. The van der Waals surface area contributed by atoms with Gasteiger partial charge in [0.25, 0.3) is 0 Å². The molecular formula is C17H17FO2. The van der Waals surface area contributed by atoms with Crippen molar-refractivity contribution in [2.24, 2.45) is 0 Å². The van der Waals surface area contributed by atoms with Gasteiger partial charge in [0, 0.05) is 5.56 Å². The minimum absolute atomic E-state index is 0.0901. The maximum atomic E-state index is 13.1. The molecule has 20 heavy (non-hydrogen) atoms.